The van der Waals surface area contributed by atoms with Gasteiger partial charge in [-0.1, -0.05) is 13.3 Å². The van der Waals surface area contributed by atoms with Crippen LogP contribution in [0.2, 0.25) is 0 Å². The molecule has 0 aliphatic heterocycles. The highest BCUT2D eigenvalue weighted by Gasteiger charge is 2.11. The van der Waals surface area contributed by atoms with Crippen molar-refractivity contribution in [3.63, 3.8) is 0 Å². The number of pyridine rings is 1. The Hall–Kier alpha value is -1.86. The molecule has 0 aliphatic carbocycles. The van der Waals surface area contributed by atoms with Crippen LogP contribution in [0.15, 0.2) is 29.1 Å². The first kappa shape index (κ1) is 16.5. The molecule has 2 N–H and O–H groups in total. The van der Waals surface area contributed by atoms with Gasteiger partial charge in [0.25, 0.3) is 5.56 Å². The summed E-state index contributed by atoms with van der Waals surface area (Å²) < 4.78 is 31.2. The minimum atomic E-state index is -3.35. The fourth-order valence-corrected chi connectivity index (χ4v) is 3.27. The number of hydrogen-bond donors (Lipinski definition) is 2. The lowest BCUT2D eigenvalue weighted by molar-refractivity contribution is 0.415. The number of aromatic nitrogens is 1. The Kier molecular flexibility index (Phi) is 5.20. The van der Waals surface area contributed by atoms with Crippen molar-refractivity contribution in [3.8, 4) is 5.75 Å². The quantitative estimate of drug-likeness (QED) is 0.812. The summed E-state index contributed by atoms with van der Waals surface area (Å²) in [6.07, 6.45) is 1.40. The maximum atomic E-state index is 12.0. The van der Waals surface area contributed by atoms with E-state index in [-0.39, 0.29) is 17.9 Å². The summed E-state index contributed by atoms with van der Waals surface area (Å²) in [5.74, 6) is 0.747. The van der Waals surface area contributed by atoms with Crippen LogP contribution >= 0.6 is 0 Å². The molecule has 0 spiro atoms. The smallest absolute Gasteiger partial charge is 0.252 e. The molecule has 0 unspecified atom stereocenters. The van der Waals surface area contributed by atoms with Crippen LogP contribution in [0.25, 0.3) is 10.9 Å². The largest absolute Gasteiger partial charge is 0.497 e. The lowest BCUT2D eigenvalue weighted by atomic mass is 10.1. The van der Waals surface area contributed by atoms with Gasteiger partial charge in [0.15, 0.2) is 0 Å². The van der Waals surface area contributed by atoms with Crippen LogP contribution < -0.4 is 15.0 Å². The number of unbranched alkanes of at least 4 members (excludes halogenated alkanes) is 1. The average molecular weight is 324 g/mol. The number of methoxy groups -OCH3 is 1. The van der Waals surface area contributed by atoms with Crippen molar-refractivity contribution in [2.75, 3.05) is 12.9 Å². The van der Waals surface area contributed by atoms with Gasteiger partial charge >= 0.3 is 0 Å². The number of hydrogen-bond acceptors (Lipinski definition) is 4. The predicted octanol–water partition coefficient (Wildman–Crippen LogP) is 1.76. The molecular weight excluding hydrogens is 304 g/mol. The van der Waals surface area contributed by atoms with Crippen LogP contribution in [0.3, 0.4) is 0 Å². The molecule has 0 saturated heterocycles. The molecule has 0 bridgehead atoms. The summed E-state index contributed by atoms with van der Waals surface area (Å²) >= 11 is 0. The van der Waals surface area contributed by atoms with Crippen molar-refractivity contribution in [1.82, 2.24) is 9.71 Å². The van der Waals surface area contributed by atoms with E-state index < -0.39 is 10.0 Å². The normalized spacial score (nSPS) is 11.7. The van der Waals surface area contributed by atoms with Crippen molar-refractivity contribution >= 4 is 20.9 Å². The van der Waals surface area contributed by atoms with Gasteiger partial charge in [0, 0.05) is 23.0 Å². The van der Waals surface area contributed by atoms with Gasteiger partial charge in [0.2, 0.25) is 10.0 Å². The maximum Gasteiger partial charge on any atom is 0.252 e. The van der Waals surface area contributed by atoms with E-state index in [0.29, 0.717) is 23.3 Å². The highest BCUT2D eigenvalue weighted by Crippen LogP contribution is 2.18. The topological polar surface area (TPSA) is 88.3 Å². The fourth-order valence-electron chi connectivity index (χ4n) is 2.08. The summed E-state index contributed by atoms with van der Waals surface area (Å²) in [5.41, 5.74) is 0.764. The number of rotatable bonds is 7. The van der Waals surface area contributed by atoms with E-state index in [4.69, 9.17) is 4.74 Å². The number of sulfonamides is 1. The van der Waals surface area contributed by atoms with Crippen LogP contribution in [-0.2, 0) is 16.6 Å². The molecule has 6 nitrogen and oxygen atoms in total. The first-order valence-electron chi connectivity index (χ1n) is 7.12. The van der Waals surface area contributed by atoms with Crippen molar-refractivity contribution in [2.45, 2.75) is 26.3 Å². The highest BCUT2D eigenvalue weighted by molar-refractivity contribution is 7.89. The van der Waals surface area contributed by atoms with Crippen molar-refractivity contribution in [2.24, 2.45) is 0 Å². The van der Waals surface area contributed by atoms with Gasteiger partial charge in [0.05, 0.1) is 12.9 Å². The lowest BCUT2D eigenvalue weighted by Crippen LogP contribution is -2.28. The minimum Gasteiger partial charge on any atom is -0.497 e. The second kappa shape index (κ2) is 6.93. The number of benzene rings is 1. The van der Waals surface area contributed by atoms with Crippen LogP contribution in [0.4, 0.5) is 0 Å². The maximum absolute atomic E-state index is 12.0. The van der Waals surface area contributed by atoms with E-state index in [9.17, 15) is 13.2 Å². The molecule has 7 heteroatoms. The van der Waals surface area contributed by atoms with Gasteiger partial charge in [-0.3, -0.25) is 4.79 Å². The van der Waals surface area contributed by atoms with Crippen LogP contribution in [0.1, 0.15) is 25.3 Å². The molecule has 22 heavy (non-hydrogen) atoms. The minimum absolute atomic E-state index is 0.0193. The molecule has 1 heterocycles. The first-order valence-corrected chi connectivity index (χ1v) is 8.77. The number of H-pyrrole nitrogens is 1. The Morgan fingerprint density at radius 2 is 2.05 bits per heavy atom. The van der Waals surface area contributed by atoms with Crippen molar-refractivity contribution in [3.05, 3.63) is 40.2 Å². The van der Waals surface area contributed by atoms with Gasteiger partial charge < -0.3 is 9.72 Å². The van der Waals surface area contributed by atoms with Gasteiger partial charge in [-0.15, -0.1) is 0 Å². The van der Waals surface area contributed by atoms with E-state index in [1.807, 2.05) is 6.92 Å². The van der Waals surface area contributed by atoms with Gasteiger partial charge in [-0.2, -0.15) is 0 Å². The number of nitrogens with one attached hydrogen (secondary N) is 2. The summed E-state index contributed by atoms with van der Waals surface area (Å²) in [6.45, 7) is 1.91. The summed E-state index contributed by atoms with van der Waals surface area (Å²) in [5, 5.41) is 0.793. The third-order valence-corrected chi connectivity index (χ3v) is 4.79. The van der Waals surface area contributed by atoms with E-state index >= 15 is 0 Å². The molecule has 1 aromatic heterocycles. The zero-order chi connectivity index (χ0) is 16.2. The zero-order valence-electron chi connectivity index (χ0n) is 12.7. The second-order valence-electron chi connectivity index (χ2n) is 5.07. The zero-order valence-corrected chi connectivity index (χ0v) is 13.5. The van der Waals surface area contributed by atoms with Gasteiger partial charge in [-0.05, 0) is 30.7 Å². The Bertz CT molecular complexity index is 812. The molecular formula is C15H20N2O4S. The summed E-state index contributed by atoms with van der Waals surface area (Å²) in [4.78, 5) is 14.7. The molecule has 1 aromatic carbocycles. The Morgan fingerprint density at radius 1 is 1.27 bits per heavy atom. The molecule has 120 valence electrons. The van der Waals surface area contributed by atoms with Crippen molar-refractivity contribution < 1.29 is 13.2 Å². The average Bonchev–Trinajstić information content (AvgIpc) is 2.50. The van der Waals surface area contributed by atoms with Crippen molar-refractivity contribution in [1.29, 1.82) is 0 Å². The Labute approximate surface area is 129 Å². The SMILES string of the molecule is CCCCS(=O)(=O)NCc1cc2cc(OC)ccc2[nH]c1=O. The molecule has 0 amide bonds. The molecule has 0 saturated carbocycles. The number of aromatic amines is 1. The third kappa shape index (κ3) is 4.08. The van der Waals surface area contributed by atoms with Gasteiger partial charge in [-0.25, -0.2) is 13.1 Å². The van der Waals surface area contributed by atoms with E-state index in [0.717, 1.165) is 11.8 Å². The molecule has 0 aliphatic rings. The third-order valence-electron chi connectivity index (χ3n) is 3.38. The van der Waals surface area contributed by atoms with Crippen LogP contribution in [-0.4, -0.2) is 26.3 Å². The van der Waals surface area contributed by atoms with Crippen LogP contribution in [0, 0.1) is 0 Å². The highest BCUT2D eigenvalue weighted by atomic mass is 32.2. The molecule has 0 atom stereocenters. The van der Waals surface area contributed by atoms with Gasteiger partial charge in [0.1, 0.15) is 5.75 Å². The van der Waals surface area contributed by atoms with Crippen LogP contribution in [0.5, 0.6) is 5.75 Å². The fraction of sp³-hybridized carbons (Fsp3) is 0.400. The Morgan fingerprint density at radius 3 is 2.73 bits per heavy atom. The monoisotopic (exact) mass is 324 g/mol. The molecule has 0 radical (unpaired) electrons. The summed E-state index contributed by atoms with van der Waals surface area (Å²) in [6, 6.07) is 6.98. The van der Waals surface area contributed by atoms with E-state index in [2.05, 4.69) is 9.71 Å². The lowest BCUT2D eigenvalue weighted by Gasteiger charge is -2.07. The first-order chi connectivity index (χ1) is 10.4. The molecule has 2 aromatic rings. The standard InChI is InChI=1S/C15H20N2O4S/c1-3-4-7-22(19,20)16-10-12-8-11-9-13(21-2)5-6-14(11)17-15(12)18/h5-6,8-9,16H,3-4,7,10H2,1-2H3,(H,17,18). The summed E-state index contributed by atoms with van der Waals surface area (Å²) in [7, 11) is -1.79. The van der Waals surface area contributed by atoms with E-state index in [1.54, 1.807) is 31.4 Å². The van der Waals surface area contributed by atoms with E-state index in [1.165, 1.54) is 0 Å². The Balaban J connectivity index is 2.24. The molecule has 0 fully saturated rings. The second-order valence-corrected chi connectivity index (χ2v) is 7.00. The number of ether oxygens (including phenoxy) is 1. The predicted molar refractivity (Wildman–Crippen MR) is 86.7 cm³/mol. The number of fused-ring (bicyclic) bond motifs is 1. The molecule has 2 rings (SSSR count).